The number of aliphatic hydroxyl groups excluding tert-OH is 1. The third-order valence-electron chi connectivity index (χ3n) is 0.472. The molecule has 0 aliphatic rings. The van der Waals surface area contributed by atoms with Crippen LogP contribution in [-0.2, 0) is 14.3 Å². The first-order valence-corrected chi connectivity index (χ1v) is 2.46. The van der Waals surface area contributed by atoms with Crippen LogP contribution in [0.25, 0.3) is 0 Å². The average molecular weight is 153 g/mol. The van der Waals surface area contributed by atoms with Crippen molar-refractivity contribution in [3.8, 4) is 0 Å². The molecule has 0 saturated carbocycles. The second-order valence-corrected chi connectivity index (χ2v) is 1.64. The van der Waals surface area contributed by atoms with Crippen LogP contribution in [0.15, 0.2) is 0 Å². The zero-order chi connectivity index (χ0) is 7.44. The first-order valence-electron chi connectivity index (χ1n) is 2.08. The molecule has 0 heterocycles. The van der Waals surface area contributed by atoms with E-state index in [1.54, 1.807) is 0 Å². The van der Waals surface area contributed by atoms with Gasteiger partial charge in [0.15, 0.2) is 0 Å². The van der Waals surface area contributed by atoms with Crippen LogP contribution in [0.5, 0.6) is 0 Å². The molecule has 0 aliphatic carbocycles. The number of rotatable bonds is 2. The highest BCUT2D eigenvalue weighted by Crippen LogP contribution is 1.92. The van der Waals surface area contributed by atoms with E-state index in [9.17, 15) is 9.59 Å². The molecular weight excluding hydrogens is 147 g/mol. The summed E-state index contributed by atoms with van der Waals surface area (Å²) in [6.45, 7) is 1.06. The van der Waals surface area contributed by atoms with Gasteiger partial charge in [-0.2, -0.15) is 0 Å². The highest BCUT2D eigenvalue weighted by atomic mass is 35.5. The van der Waals surface area contributed by atoms with Crippen molar-refractivity contribution in [2.24, 2.45) is 0 Å². The van der Waals surface area contributed by atoms with E-state index in [0.29, 0.717) is 0 Å². The van der Waals surface area contributed by atoms with E-state index < -0.39 is 17.5 Å². The molecule has 9 heavy (non-hydrogen) atoms. The number of ether oxygens (including phenoxy) is 1. The second kappa shape index (κ2) is 3.42. The topological polar surface area (TPSA) is 63.6 Å². The van der Waals surface area contributed by atoms with Gasteiger partial charge in [0.05, 0.1) is 0 Å². The third-order valence-corrected chi connectivity index (χ3v) is 0.658. The molecule has 1 N–H and O–H groups in total. The van der Waals surface area contributed by atoms with Gasteiger partial charge in [-0.25, -0.2) is 0 Å². The summed E-state index contributed by atoms with van der Waals surface area (Å²) in [7, 11) is 0. The van der Waals surface area contributed by atoms with Gasteiger partial charge in [-0.15, -0.1) is 0 Å². The van der Waals surface area contributed by atoms with Crippen LogP contribution in [0.3, 0.4) is 0 Å². The van der Waals surface area contributed by atoms with E-state index in [2.05, 4.69) is 4.74 Å². The van der Waals surface area contributed by atoms with Crippen molar-refractivity contribution in [1.82, 2.24) is 0 Å². The van der Waals surface area contributed by atoms with E-state index in [1.807, 2.05) is 0 Å². The summed E-state index contributed by atoms with van der Waals surface area (Å²) in [6, 6.07) is 0. The highest BCUT2D eigenvalue weighted by Gasteiger charge is 2.13. The van der Waals surface area contributed by atoms with E-state index in [-0.39, 0.29) is 0 Å². The standard InChI is InChI=1S/C4H5ClO4/c1-2(6)9-4(8)3(5)7/h4,8H,1H3. The molecule has 5 heteroatoms. The van der Waals surface area contributed by atoms with Gasteiger partial charge < -0.3 is 9.84 Å². The molecule has 0 saturated heterocycles. The van der Waals surface area contributed by atoms with E-state index in [1.165, 1.54) is 0 Å². The predicted octanol–water partition coefficient (Wildman–Crippen LogP) is -0.367. The van der Waals surface area contributed by atoms with Gasteiger partial charge in [0.25, 0.3) is 11.5 Å². The van der Waals surface area contributed by atoms with Crippen LogP contribution in [0.1, 0.15) is 6.92 Å². The Labute approximate surface area is 56.4 Å². The number of hydrogen-bond acceptors (Lipinski definition) is 4. The van der Waals surface area contributed by atoms with Crippen LogP contribution in [0.2, 0.25) is 0 Å². The summed E-state index contributed by atoms with van der Waals surface area (Å²) in [5, 5.41) is 7.27. The average Bonchev–Trinajstić information content (AvgIpc) is 1.63. The van der Waals surface area contributed by atoms with Gasteiger partial charge in [0.2, 0.25) is 0 Å². The van der Waals surface area contributed by atoms with Crippen molar-refractivity contribution in [3.63, 3.8) is 0 Å². The van der Waals surface area contributed by atoms with Crippen molar-refractivity contribution in [1.29, 1.82) is 0 Å². The summed E-state index contributed by atoms with van der Waals surface area (Å²) in [5.41, 5.74) is 0. The Morgan fingerprint density at radius 2 is 2.11 bits per heavy atom. The lowest BCUT2D eigenvalue weighted by Crippen LogP contribution is -2.21. The van der Waals surface area contributed by atoms with Crippen molar-refractivity contribution in [3.05, 3.63) is 0 Å². The van der Waals surface area contributed by atoms with Gasteiger partial charge in [0, 0.05) is 6.92 Å². The molecule has 1 unspecified atom stereocenters. The van der Waals surface area contributed by atoms with Crippen molar-refractivity contribution in [2.45, 2.75) is 13.2 Å². The number of aliphatic hydroxyl groups is 1. The first-order chi connectivity index (χ1) is 4.04. The summed E-state index contributed by atoms with van der Waals surface area (Å²) in [4.78, 5) is 19.9. The van der Waals surface area contributed by atoms with Crippen molar-refractivity contribution >= 4 is 22.8 Å². The molecule has 0 aromatic carbocycles. The van der Waals surface area contributed by atoms with Crippen LogP contribution in [0, 0.1) is 0 Å². The Morgan fingerprint density at radius 1 is 1.67 bits per heavy atom. The molecule has 0 bridgehead atoms. The molecule has 4 nitrogen and oxygen atoms in total. The SMILES string of the molecule is CC(=O)OC(O)C(=O)Cl. The van der Waals surface area contributed by atoms with Gasteiger partial charge >= 0.3 is 5.97 Å². The molecule has 0 spiro atoms. The molecule has 0 rings (SSSR count). The lowest BCUT2D eigenvalue weighted by atomic mass is 10.7. The van der Waals surface area contributed by atoms with E-state index >= 15 is 0 Å². The molecule has 0 aliphatic heterocycles. The second-order valence-electron chi connectivity index (χ2n) is 1.27. The maximum Gasteiger partial charge on any atom is 0.305 e. The summed E-state index contributed by atoms with van der Waals surface area (Å²) in [6.07, 6.45) is -1.83. The number of hydrogen-bond donors (Lipinski definition) is 1. The summed E-state index contributed by atoms with van der Waals surface area (Å²) in [5.74, 6) is -0.753. The maximum atomic E-state index is 9.97. The Morgan fingerprint density at radius 3 is 2.22 bits per heavy atom. The van der Waals surface area contributed by atoms with Crippen molar-refractivity contribution < 1.29 is 19.4 Å². The lowest BCUT2D eigenvalue weighted by molar-refractivity contribution is -0.169. The summed E-state index contributed by atoms with van der Waals surface area (Å²) < 4.78 is 3.95. The Kier molecular flexibility index (Phi) is 3.19. The minimum atomic E-state index is -1.83. The molecule has 0 radical (unpaired) electrons. The number of carbonyl (C=O) groups excluding carboxylic acids is 2. The van der Waals surface area contributed by atoms with Crippen LogP contribution in [-0.4, -0.2) is 22.6 Å². The minimum Gasteiger partial charge on any atom is -0.427 e. The lowest BCUT2D eigenvalue weighted by Gasteiger charge is -2.02. The van der Waals surface area contributed by atoms with Gasteiger partial charge in [0.1, 0.15) is 0 Å². The number of carbonyl (C=O) groups is 2. The molecular formula is C4H5ClO4. The molecule has 0 fully saturated rings. The fourth-order valence-electron chi connectivity index (χ4n) is 0.204. The maximum absolute atomic E-state index is 9.97. The quantitative estimate of drug-likeness (QED) is 0.333. The van der Waals surface area contributed by atoms with Crippen LogP contribution >= 0.6 is 11.6 Å². The van der Waals surface area contributed by atoms with Gasteiger partial charge in [-0.3, -0.25) is 9.59 Å². The zero-order valence-electron chi connectivity index (χ0n) is 4.63. The molecule has 0 aromatic rings. The molecule has 0 amide bonds. The Bertz CT molecular complexity index is 133. The summed E-state index contributed by atoms with van der Waals surface area (Å²) >= 11 is 4.71. The molecule has 52 valence electrons. The Hall–Kier alpha value is -0.610. The van der Waals surface area contributed by atoms with Gasteiger partial charge in [-0.1, -0.05) is 0 Å². The van der Waals surface area contributed by atoms with E-state index in [4.69, 9.17) is 16.7 Å². The molecule has 0 aromatic heterocycles. The first kappa shape index (κ1) is 8.39. The normalized spacial score (nSPS) is 12.3. The monoisotopic (exact) mass is 152 g/mol. The van der Waals surface area contributed by atoms with Gasteiger partial charge in [-0.05, 0) is 11.6 Å². The highest BCUT2D eigenvalue weighted by molar-refractivity contribution is 6.64. The van der Waals surface area contributed by atoms with Crippen molar-refractivity contribution in [2.75, 3.05) is 0 Å². The smallest absolute Gasteiger partial charge is 0.305 e. The molecule has 1 atom stereocenters. The number of halogens is 1. The predicted molar refractivity (Wildman–Crippen MR) is 28.6 cm³/mol. The fourth-order valence-corrected chi connectivity index (χ4v) is 0.248. The fraction of sp³-hybridized carbons (Fsp3) is 0.500. The van der Waals surface area contributed by atoms with Crippen LogP contribution in [0.4, 0.5) is 0 Å². The zero-order valence-corrected chi connectivity index (χ0v) is 5.38. The van der Waals surface area contributed by atoms with E-state index in [0.717, 1.165) is 6.92 Å². The minimum absolute atomic E-state index is 0.753. The third kappa shape index (κ3) is 3.93. The largest absolute Gasteiger partial charge is 0.427 e. The Balaban J connectivity index is 3.63. The van der Waals surface area contributed by atoms with Crippen LogP contribution < -0.4 is 0 Å². The number of esters is 1.